The molecule has 0 bridgehead atoms. The van der Waals surface area contributed by atoms with E-state index in [1.165, 1.54) is 0 Å². The van der Waals surface area contributed by atoms with Crippen molar-refractivity contribution in [2.75, 3.05) is 26.9 Å². The number of hydrogen-bond donors (Lipinski definition) is 1. The van der Waals surface area contributed by atoms with Gasteiger partial charge in [0.2, 0.25) is 0 Å². The molecule has 0 atom stereocenters. The van der Waals surface area contributed by atoms with Crippen LogP contribution in [-0.2, 0) is 11.2 Å². The molecule has 0 spiro atoms. The third-order valence-electron chi connectivity index (χ3n) is 3.60. The molecule has 0 unspecified atom stereocenters. The average molecular weight is 360 g/mol. The van der Waals surface area contributed by atoms with Crippen molar-refractivity contribution < 1.29 is 28.8 Å². The summed E-state index contributed by atoms with van der Waals surface area (Å²) in [5, 5.41) is 8.80. The maximum absolute atomic E-state index is 10.7. The zero-order chi connectivity index (χ0) is 18.8. The highest BCUT2D eigenvalue weighted by atomic mass is 16.5. The molecule has 0 radical (unpaired) electrons. The second-order valence-electron chi connectivity index (χ2n) is 5.46. The lowest BCUT2D eigenvalue weighted by atomic mass is 10.1. The zero-order valence-electron chi connectivity index (χ0n) is 15.1. The predicted octanol–water partition coefficient (Wildman–Crippen LogP) is 3.57. The second-order valence-corrected chi connectivity index (χ2v) is 5.46. The monoisotopic (exact) mass is 360 g/mol. The minimum absolute atomic E-state index is 0.0819. The Hall–Kier alpha value is -2.89. The minimum atomic E-state index is -0.822. The van der Waals surface area contributed by atoms with Gasteiger partial charge in [-0.05, 0) is 43.2 Å². The third-order valence-corrected chi connectivity index (χ3v) is 3.60. The number of hydrogen-bond acceptors (Lipinski definition) is 5. The van der Waals surface area contributed by atoms with Gasteiger partial charge in [0.15, 0.2) is 23.0 Å². The number of carboxylic acids is 1. The highest BCUT2D eigenvalue weighted by molar-refractivity contribution is 5.67. The van der Waals surface area contributed by atoms with Crippen molar-refractivity contribution >= 4 is 5.97 Å². The molecule has 0 aliphatic rings. The Morgan fingerprint density at radius 1 is 0.923 bits per heavy atom. The Kier molecular flexibility index (Phi) is 7.61. The fourth-order valence-electron chi connectivity index (χ4n) is 2.39. The highest BCUT2D eigenvalue weighted by Crippen LogP contribution is 2.29. The maximum atomic E-state index is 10.7. The molecule has 2 aromatic carbocycles. The molecule has 6 heteroatoms. The van der Waals surface area contributed by atoms with Crippen LogP contribution in [0.2, 0.25) is 0 Å². The fraction of sp³-hybridized carbons (Fsp3) is 0.350. The van der Waals surface area contributed by atoms with E-state index >= 15 is 0 Å². The lowest BCUT2D eigenvalue weighted by Crippen LogP contribution is -2.10. The number of benzene rings is 2. The number of methoxy groups -OCH3 is 1. The van der Waals surface area contributed by atoms with E-state index < -0.39 is 5.97 Å². The zero-order valence-corrected chi connectivity index (χ0v) is 15.1. The molecule has 1 N–H and O–H groups in total. The van der Waals surface area contributed by atoms with Gasteiger partial charge in [0.05, 0.1) is 13.7 Å². The molecule has 0 aliphatic carbocycles. The first-order valence-electron chi connectivity index (χ1n) is 8.50. The summed E-state index contributed by atoms with van der Waals surface area (Å²) < 4.78 is 22.3. The molecule has 6 nitrogen and oxygen atoms in total. The summed E-state index contributed by atoms with van der Waals surface area (Å²) in [5.41, 5.74) is 0.897. The summed E-state index contributed by atoms with van der Waals surface area (Å²) in [6.45, 7) is 3.08. The van der Waals surface area contributed by atoms with E-state index in [-0.39, 0.29) is 6.42 Å². The summed E-state index contributed by atoms with van der Waals surface area (Å²) in [6, 6.07) is 12.9. The number of carbonyl (C=O) groups is 1. The quantitative estimate of drug-likeness (QED) is 0.618. The van der Waals surface area contributed by atoms with E-state index in [2.05, 4.69) is 0 Å². The van der Waals surface area contributed by atoms with Gasteiger partial charge >= 0.3 is 5.97 Å². The lowest BCUT2D eigenvalue weighted by molar-refractivity contribution is -0.136. The summed E-state index contributed by atoms with van der Waals surface area (Å²) in [4.78, 5) is 10.7. The Morgan fingerprint density at radius 2 is 1.58 bits per heavy atom. The van der Waals surface area contributed by atoms with Crippen molar-refractivity contribution in [3.63, 3.8) is 0 Å². The van der Waals surface area contributed by atoms with E-state index in [0.717, 1.165) is 5.56 Å². The first kappa shape index (κ1) is 19.4. The van der Waals surface area contributed by atoms with E-state index in [1.54, 1.807) is 13.2 Å². The standard InChI is InChI=1S/C20H24O6/c1-3-24-19-14-15(9-11-20(21)22)8-10-18(19)26-13-12-25-17-7-5-4-6-16(17)23-2/h4-8,10,14H,3,9,11-13H2,1-2H3,(H,21,22). The molecule has 0 amide bonds. The molecular formula is C20H24O6. The molecule has 2 aromatic rings. The minimum Gasteiger partial charge on any atom is -0.493 e. The topological polar surface area (TPSA) is 74.2 Å². The van der Waals surface area contributed by atoms with Crippen LogP contribution >= 0.6 is 0 Å². The van der Waals surface area contributed by atoms with Gasteiger partial charge in [-0.25, -0.2) is 0 Å². The van der Waals surface area contributed by atoms with Gasteiger partial charge in [0, 0.05) is 6.42 Å². The summed E-state index contributed by atoms with van der Waals surface area (Å²) >= 11 is 0. The lowest BCUT2D eigenvalue weighted by Gasteiger charge is -2.14. The first-order chi connectivity index (χ1) is 12.6. The Balaban J connectivity index is 1.92. The van der Waals surface area contributed by atoms with E-state index in [9.17, 15) is 4.79 Å². The van der Waals surface area contributed by atoms with Crippen LogP contribution in [0.15, 0.2) is 42.5 Å². The highest BCUT2D eigenvalue weighted by Gasteiger charge is 2.09. The van der Waals surface area contributed by atoms with Crippen LogP contribution in [0.4, 0.5) is 0 Å². The summed E-state index contributed by atoms with van der Waals surface area (Å²) in [6.07, 6.45) is 0.533. The van der Waals surface area contributed by atoms with E-state index in [0.29, 0.717) is 49.2 Å². The largest absolute Gasteiger partial charge is 0.493 e. The number of rotatable bonds is 11. The van der Waals surface area contributed by atoms with Crippen molar-refractivity contribution in [2.45, 2.75) is 19.8 Å². The van der Waals surface area contributed by atoms with Crippen molar-refractivity contribution in [1.82, 2.24) is 0 Å². The second kappa shape index (κ2) is 10.2. The van der Waals surface area contributed by atoms with Crippen LogP contribution in [0.1, 0.15) is 18.9 Å². The number of para-hydroxylation sites is 2. The summed E-state index contributed by atoms with van der Waals surface area (Å²) in [7, 11) is 1.60. The third kappa shape index (κ3) is 5.88. The van der Waals surface area contributed by atoms with Crippen molar-refractivity contribution in [1.29, 1.82) is 0 Å². The van der Waals surface area contributed by atoms with Gasteiger partial charge in [-0.15, -0.1) is 0 Å². The fourth-order valence-corrected chi connectivity index (χ4v) is 2.39. The van der Waals surface area contributed by atoms with Crippen molar-refractivity contribution in [3.8, 4) is 23.0 Å². The van der Waals surface area contributed by atoms with Crippen LogP contribution in [0.3, 0.4) is 0 Å². The van der Waals surface area contributed by atoms with Crippen molar-refractivity contribution in [2.24, 2.45) is 0 Å². The van der Waals surface area contributed by atoms with Gasteiger partial charge in [0.1, 0.15) is 13.2 Å². The van der Waals surface area contributed by atoms with Gasteiger partial charge in [-0.1, -0.05) is 18.2 Å². The number of ether oxygens (including phenoxy) is 4. The number of aliphatic carboxylic acids is 1. The maximum Gasteiger partial charge on any atom is 0.303 e. The summed E-state index contributed by atoms with van der Waals surface area (Å²) in [5.74, 6) is 1.72. The smallest absolute Gasteiger partial charge is 0.303 e. The molecule has 26 heavy (non-hydrogen) atoms. The Labute approximate surface area is 153 Å². The molecular weight excluding hydrogens is 336 g/mol. The molecule has 2 rings (SSSR count). The van der Waals surface area contributed by atoms with Crippen LogP contribution in [0.25, 0.3) is 0 Å². The molecule has 140 valence electrons. The predicted molar refractivity (Wildman–Crippen MR) is 97.6 cm³/mol. The molecule has 0 saturated heterocycles. The normalized spacial score (nSPS) is 10.2. The number of carboxylic acid groups (broad SMARTS) is 1. The molecule has 0 aliphatic heterocycles. The van der Waals surface area contributed by atoms with Crippen molar-refractivity contribution in [3.05, 3.63) is 48.0 Å². The molecule has 0 saturated carbocycles. The molecule has 0 aromatic heterocycles. The molecule has 0 fully saturated rings. The Bertz CT molecular complexity index is 713. The average Bonchev–Trinajstić information content (AvgIpc) is 2.65. The van der Waals surface area contributed by atoms with E-state index in [1.807, 2.05) is 43.3 Å². The Morgan fingerprint density at radius 3 is 2.19 bits per heavy atom. The van der Waals surface area contributed by atoms with Gasteiger partial charge in [0.25, 0.3) is 0 Å². The molecule has 0 heterocycles. The van der Waals surface area contributed by atoms with E-state index in [4.69, 9.17) is 24.1 Å². The number of aryl methyl sites for hydroxylation is 1. The van der Waals surface area contributed by atoms with Crippen LogP contribution in [0, 0.1) is 0 Å². The van der Waals surface area contributed by atoms with Gasteiger partial charge in [-0.3, -0.25) is 4.79 Å². The SMILES string of the molecule is CCOc1cc(CCC(=O)O)ccc1OCCOc1ccccc1OC. The van der Waals surface area contributed by atoms with Gasteiger partial charge < -0.3 is 24.1 Å². The first-order valence-corrected chi connectivity index (χ1v) is 8.50. The van der Waals surface area contributed by atoms with Crippen LogP contribution < -0.4 is 18.9 Å². The van der Waals surface area contributed by atoms with Gasteiger partial charge in [-0.2, -0.15) is 0 Å². The van der Waals surface area contributed by atoms with Crippen LogP contribution in [0.5, 0.6) is 23.0 Å². The van der Waals surface area contributed by atoms with Crippen LogP contribution in [-0.4, -0.2) is 38.0 Å².